The second kappa shape index (κ2) is 10.8. The maximum atomic E-state index is 12.4. The summed E-state index contributed by atoms with van der Waals surface area (Å²) in [5.74, 6) is -2.83. The molecule has 0 radical (unpaired) electrons. The molecule has 0 fully saturated rings. The summed E-state index contributed by atoms with van der Waals surface area (Å²) in [7, 11) is 0. The summed E-state index contributed by atoms with van der Waals surface area (Å²) in [6.45, 7) is 7.82. The number of amides is 1. The van der Waals surface area contributed by atoms with Crippen LogP contribution in [0.1, 0.15) is 59.8 Å². The van der Waals surface area contributed by atoms with Crippen LogP contribution in [0.2, 0.25) is 0 Å². The zero-order valence-corrected chi connectivity index (χ0v) is 14.8. The first-order chi connectivity index (χ1) is 11.3. The molecule has 7 heteroatoms. The van der Waals surface area contributed by atoms with E-state index < -0.39 is 35.7 Å². The summed E-state index contributed by atoms with van der Waals surface area (Å²) in [6.07, 6.45) is 6.09. The summed E-state index contributed by atoms with van der Waals surface area (Å²) >= 11 is 0. The van der Waals surface area contributed by atoms with Crippen molar-refractivity contribution in [3.05, 3.63) is 12.2 Å². The van der Waals surface area contributed by atoms with Crippen LogP contribution >= 0.6 is 0 Å². The smallest absolute Gasteiger partial charge is 0.371 e. The molecule has 1 rings (SSSR count). The third-order valence-electron chi connectivity index (χ3n) is 4.07. The number of hydrogen-bond acceptors (Lipinski definition) is 4. The number of aliphatic carboxylic acids is 1. The van der Waals surface area contributed by atoms with E-state index in [0.29, 0.717) is 25.2 Å². The molecule has 1 amide bonds. The van der Waals surface area contributed by atoms with Gasteiger partial charge in [0.1, 0.15) is 6.04 Å². The Bertz CT molecular complexity index is 466. The fourth-order valence-electron chi connectivity index (χ4n) is 2.48. The monoisotopic (exact) mass is 345 g/mol. The Morgan fingerprint density at radius 3 is 2.54 bits per heavy atom. The average molecular weight is 345 g/mol. The second-order valence-electron chi connectivity index (χ2n) is 6.06. The van der Waals surface area contributed by atoms with E-state index in [1.165, 1.54) is 0 Å². The van der Waals surface area contributed by atoms with E-state index in [9.17, 15) is 18.9 Å². The third kappa shape index (κ3) is 7.10. The van der Waals surface area contributed by atoms with Crippen molar-refractivity contribution in [2.75, 3.05) is 0 Å². The molecule has 0 aromatic heterocycles. The minimum absolute atomic E-state index is 0.345. The summed E-state index contributed by atoms with van der Waals surface area (Å²) in [4.78, 5) is 37.5. The summed E-state index contributed by atoms with van der Waals surface area (Å²) in [5, 5.41) is 11.1. The molecule has 0 saturated heterocycles. The quantitative estimate of drug-likeness (QED) is 0.747. The number of carbonyl (C=O) groups is 3. The van der Waals surface area contributed by atoms with E-state index in [-0.39, 0.29) is 0 Å². The van der Waals surface area contributed by atoms with Crippen LogP contribution in [0.4, 0.5) is 4.53 Å². The van der Waals surface area contributed by atoms with Crippen molar-refractivity contribution < 1.29 is 29.0 Å². The van der Waals surface area contributed by atoms with Crippen LogP contribution in [-0.4, -0.2) is 29.0 Å². The number of carbonyl (C=O) groups excluding carboxylic acids is 2. The SMILES string of the molecule is CC.CC1/C=C/CCC(C)(C(=O)NC(CC(=O)O)C(=O)OF)CC1. The largest absolute Gasteiger partial charge is 0.481 e. The van der Waals surface area contributed by atoms with Gasteiger partial charge in [-0.05, 0) is 31.6 Å². The number of carboxylic acid groups (broad SMARTS) is 1. The maximum Gasteiger partial charge on any atom is 0.371 e. The van der Waals surface area contributed by atoms with Crippen LogP contribution in [0.15, 0.2) is 12.2 Å². The number of nitrogens with one attached hydrogen (secondary N) is 1. The van der Waals surface area contributed by atoms with Gasteiger partial charge in [0, 0.05) is 9.94 Å². The van der Waals surface area contributed by atoms with E-state index >= 15 is 0 Å². The molecule has 0 aliphatic heterocycles. The maximum absolute atomic E-state index is 12.4. The first-order valence-corrected chi connectivity index (χ1v) is 8.30. The van der Waals surface area contributed by atoms with Crippen LogP contribution in [0.3, 0.4) is 0 Å². The predicted molar refractivity (Wildman–Crippen MR) is 87.6 cm³/mol. The fourth-order valence-corrected chi connectivity index (χ4v) is 2.48. The molecule has 1 aliphatic rings. The van der Waals surface area contributed by atoms with Gasteiger partial charge in [0.2, 0.25) is 5.91 Å². The van der Waals surface area contributed by atoms with Crippen molar-refractivity contribution in [2.45, 2.75) is 65.8 Å². The predicted octanol–water partition coefficient (Wildman–Crippen LogP) is 3.17. The molecular formula is C17H28FNO5. The van der Waals surface area contributed by atoms with Crippen molar-refractivity contribution in [2.24, 2.45) is 11.3 Å². The normalized spacial score (nSPS) is 25.8. The first-order valence-electron chi connectivity index (χ1n) is 8.30. The molecule has 0 aromatic rings. The lowest BCUT2D eigenvalue weighted by Gasteiger charge is -2.31. The lowest BCUT2D eigenvalue weighted by molar-refractivity contribution is -0.188. The van der Waals surface area contributed by atoms with E-state index in [1.807, 2.05) is 26.8 Å². The van der Waals surface area contributed by atoms with Gasteiger partial charge in [-0.1, -0.05) is 39.8 Å². The molecule has 6 nitrogen and oxygen atoms in total. The van der Waals surface area contributed by atoms with Crippen LogP contribution in [0, 0.1) is 11.3 Å². The molecule has 138 valence electrons. The first kappa shape index (κ1) is 22.1. The minimum atomic E-state index is -1.52. The molecule has 0 heterocycles. The summed E-state index contributed by atoms with van der Waals surface area (Å²) in [6, 6.07) is -1.52. The Hall–Kier alpha value is -1.92. The van der Waals surface area contributed by atoms with Crippen molar-refractivity contribution in [3.8, 4) is 0 Å². The summed E-state index contributed by atoms with van der Waals surface area (Å²) in [5.41, 5.74) is -0.730. The Morgan fingerprint density at radius 2 is 2.00 bits per heavy atom. The molecule has 0 saturated carbocycles. The van der Waals surface area contributed by atoms with Gasteiger partial charge in [-0.3, -0.25) is 14.5 Å². The van der Waals surface area contributed by atoms with E-state index in [0.717, 1.165) is 6.42 Å². The molecule has 0 aromatic carbocycles. The second-order valence-corrected chi connectivity index (χ2v) is 6.06. The van der Waals surface area contributed by atoms with Crippen LogP contribution in [0.5, 0.6) is 0 Å². The molecule has 1 aliphatic carbocycles. The van der Waals surface area contributed by atoms with E-state index in [1.54, 1.807) is 6.92 Å². The number of allylic oxidation sites excluding steroid dienone is 2. The van der Waals surface area contributed by atoms with Crippen molar-refractivity contribution in [3.63, 3.8) is 0 Å². The lowest BCUT2D eigenvalue weighted by atomic mass is 9.76. The molecule has 0 spiro atoms. The van der Waals surface area contributed by atoms with Gasteiger partial charge in [-0.25, -0.2) is 4.79 Å². The molecule has 3 unspecified atom stereocenters. The molecule has 0 bridgehead atoms. The molecule has 3 atom stereocenters. The molecule has 24 heavy (non-hydrogen) atoms. The molecular weight excluding hydrogens is 317 g/mol. The molecule has 2 N–H and O–H groups in total. The third-order valence-corrected chi connectivity index (χ3v) is 4.07. The van der Waals surface area contributed by atoms with Crippen molar-refractivity contribution >= 4 is 17.8 Å². The lowest BCUT2D eigenvalue weighted by Crippen LogP contribution is -2.48. The number of hydrogen-bond donors (Lipinski definition) is 2. The van der Waals surface area contributed by atoms with Gasteiger partial charge in [-0.15, -0.1) is 0 Å². The Kier molecular flexibility index (Phi) is 9.92. The zero-order valence-electron chi connectivity index (χ0n) is 14.8. The van der Waals surface area contributed by atoms with Gasteiger partial charge >= 0.3 is 11.9 Å². The van der Waals surface area contributed by atoms with Gasteiger partial charge < -0.3 is 10.4 Å². The van der Waals surface area contributed by atoms with Crippen LogP contribution in [-0.2, 0) is 19.3 Å². The highest BCUT2D eigenvalue weighted by Gasteiger charge is 2.36. The number of carboxylic acids is 1. The van der Waals surface area contributed by atoms with Gasteiger partial charge in [-0.2, -0.15) is 0 Å². The Labute approximate surface area is 142 Å². The number of halogens is 1. The standard InChI is InChI=1S/C15H22FNO5.C2H6/c1-10-5-3-4-7-15(2,8-6-10)14(21)17-11(9-12(18)19)13(20)22-16;1-2/h3,5,10-11H,4,6-9H2,1-2H3,(H,17,21)(H,18,19);1-2H3/b5-3+;. The Morgan fingerprint density at radius 1 is 1.38 bits per heavy atom. The highest BCUT2D eigenvalue weighted by Crippen LogP contribution is 2.33. The van der Waals surface area contributed by atoms with Crippen molar-refractivity contribution in [1.82, 2.24) is 5.32 Å². The van der Waals surface area contributed by atoms with Gasteiger partial charge in [0.15, 0.2) is 0 Å². The number of rotatable bonds is 5. The van der Waals surface area contributed by atoms with E-state index in [2.05, 4.69) is 16.3 Å². The highest BCUT2D eigenvalue weighted by atomic mass is 19.3. The average Bonchev–Trinajstić information content (AvgIpc) is 2.55. The topological polar surface area (TPSA) is 92.7 Å². The zero-order chi connectivity index (χ0) is 18.8. The van der Waals surface area contributed by atoms with Crippen molar-refractivity contribution in [1.29, 1.82) is 0 Å². The van der Waals surface area contributed by atoms with Crippen LogP contribution < -0.4 is 5.32 Å². The minimum Gasteiger partial charge on any atom is -0.481 e. The van der Waals surface area contributed by atoms with Crippen LogP contribution in [0.25, 0.3) is 0 Å². The summed E-state index contributed by atoms with van der Waals surface area (Å²) < 4.78 is 12.0. The fraction of sp³-hybridized carbons (Fsp3) is 0.706. The highest BCUT2D eigenvalue weighted by molar-refractivity contribution is 5.89. The van der Waals surface area contributed by atoms with E-state index in [4.69, 9.17) is 5.11 Å². The Balaban J connectivity index is 0.00000254. The van der Waals surface area contributed by atoms with Gasteiger partial charge in [0.25, 0.3) is 0 Å². The van der Waals surface area contributed by atoms with Gasteiger partial charge in [0.05, 0.1) is 6.42 Å².